The molecule has 0 bridgehead atoms. The smallest absolute Gasteiger partial charge is 0.408 e. The summed E-state index contributed by atoms with van der Waals surface area (Å²) in [5.74, 6) is -3.03. The lowest BCUT2D eigenvalue weighted by molar-refractivity contribution is -0.145. The Morgan fingerprint density at radius 1 is 0.690 bits per heavy atom. The standard InChI is InChI=1S/C54H59N9O8/c1-54(2,3)71-53(69)61-44(25-33-29-57-41-16-9-6-13-38(33)41)51(67)62-23-11-18-46(62)48(64)35-27-47(63(31-35)36-19-21-55-22-20-36)50(66)59-43(24-32-28-56-40-15-8-5-12-37(32)40)49(65)60-45(52(68)70-4)26-34-30-58-42-17-10-7-14-39(34)42/h5-10,12-17,19-22,28-30,35,43-47,56-58H,11,18,23-27,31H2,1-4H3,(H,59,66)(H,60,65)(H,61,69)/t35-,43+,44-,45+,46+,47+/m1/s1. The number of rotatable bonds is 16. The normalized spacial score (nSPS) is 18.3. The number of hydrogen-bond acceptors (Lipinski definition) is 10. The van der Waals surface area contributed by atoms with Gasteiger partial charge in [-0.1, -0.05) is 54.6 Å². The monoisotopic (exact) mass is 961 g/mol. The van der Waals surface area contributed by atoms with Crippen LogP contribution in [0.3, 0.4) is 0 Å². The van der Waals surface area contributed by atoms with Crippen LogP contribution in [0.4, 0.5) is 10.5 Å². The molecule has 6 heterocycles. The zero-order valence-electron chi connectivity index (χ0n) is 40.2. The van der Waals surface area contributed by atoms with Crippen LogP contribution < -0.4 is 20.9 Å². The number of amides is 4. The van der Waals surface area contributed by atoms with E-state index in [2.05, 4.69) is 35.9 Å². The summed E-state index contributed by atoms with van der Waals surface area (Å²) in [5.41, 5.74) is 4.84. The average molecular weight is 962 g/mol. The number of benzene rings is 3. The number of nitrogens with one attached hydrogen (secondary N) is 6. The maximum Gasteiger partial charge on any atom is 0.408 e. The van der Waals surface area contributed by atoms with E-state index in [1.165, 1.54) is 7.11 Å². The minimum atomic E-state index is -1.17. The zero-order valence-corrected chi connectivity index (χ0v) is 40.2. The Morgan fingerprint density at radius 2 is 1.23 bits per heavy atom. The molecular formula is C54H59N9O8. The first-order chi connectivity index (χ1) is 34.2. The molecule has 6 N–H and O–H groups in total. The number of esters is 1. The molecule has 2 aliphatic heterocycles. The fourth-order valence-corrected chi connectivity index (χ4v) is 10.2. The van der Waals surface area contributed by atoms with E-state index < -0.39 is 71.5 Å². The highest BCUT2D eigenvalue weighted by Crippen LogP contribution is 2.34. The number of alkyl carbamates (subject to hydrolysis) is 1. The predicted molar refractivity (Wildman–Crippen MR) is 268 cm³/mol. The van der Waals surface area contributed by atoms with Crippen LogP contribution in [0.25, 0.3) is 32.7 Å². The van der Waals surface area contributed by atoms with Crippen LogP contribution in [0.2, 0.25) is 0 Å². The molecule has 17 heteroatoms. The van der Waals surface area contributed by atoms with Gasteiger partial charge in [0.15, 0.2) is 5.78 Å². The first kappa shape index (κ1) is 48.1. The second kappa shape index (κ2) is 20.6. The number of fused-ring (bicyclic) bond motifs is 3. The minimum Gasteiger partial charge on any atom is -0.467 e. The third-order valence-electron chi connectivity index (χ3n) is 13.6. The van der Waals surface area contributed by atoms with Gasteiger partial charge < -0.3 is 50.2 Å². The summed E-state index contributed by atoms with van der Waals surface area (Å²) < 4.78 is 10.8. The highest BCUT2D eigenvalue weighted by atomic mass is 16.6. The van der Waals surface area contributed by atoms with Crippen molar-refractivity contribution >= 4 is 74.0 Å². The summed E-state index contributed by atoms with van der Waals surface area (Å²) in [7, 11) is 1.26. The summed E-state index contributed by atoms with van der Waals surface area (Å²) in [4.78, 5) is 103. The van der Waals surface area contributed by atoms with Gasteiger partial charge in [0.1, 0.15) is 29.8 Å². The summed E-state index contributed by atoms with van der Waals surface area (Å²) >= 11 is 0. The summed E-state index contributed by atoms with van der Waals surface area (Å²) in [6.45, 7) is 5.70. The van der Waals surface area contributed by atoms with Crippen molar-refractivity contribution in [2.75, 3.05) is 25.1 Å². The van der Waals surface area contributed by atoms with Crippen molar-refractivity contribution in [2.45, 2.75) is 95.1 Å². The van der Waals surface area contributed by atoms with Crippen LogP contribution in [0.15, 0.2) is 116 Å². The second-order valence-electron chi connectivity index (χ2n) is 19.4. The van der Waals surface area contributed by atoms with Crippen molar-refractivity contribution in [1.29, 1.82) is 0 Å². The molecule has 0 spiro atoms. The molecule has 7 aromatic rings. The molecule has 0 radical (unpaired) electrons. The Balaban J connectivity index is 0.969. The Bertz CT molecular complexity index is 3080. The number of hydrogen-bond donors (Lipinski definition) is 6. The third-order valence-corrected chi connectivity index (χ3v) is 13.6. The molecular weight excluding hydrogens is 903 g/mol. The van der Waals surface area contributed by atoms with Gasteiger partial charge in [-0.05, 0) is 87.1 Å². The van der Waals surface area contributed by atoms with Crippen molar-refractivity contribution in [3.63, 3.8) is 0 Å². The van der Waals surface area contributed by atoms with Crippen LogP contribution in [0, 0.1) is 5.92 Å². The number of carbonyl (C=O) groups excluding carboxylic acids is 6. The fraction of sp³-hybridized carbons (Fsp3) is 0.352. The number of anilines is 1. The number of H-pyrrole nitrogens is 3. The minimum absolute atomic E-state index is 0.0725. The van der Waals surface area contributed by atoms with Gasteiger partial charge in [0.25, 0.3) is 0 Å². The van der Waals surface area contributed by atoms with E-state index in [-0.39, 0.29) is 38.0 Å². The lowest BCUT2D eigenvalue weighted by Crippen LogP contribution is -2.56. The number of pyridine rings is 1. The van der Waals surface area contributed by atoms with Crippen LogP contribution in [0.5, 0.6) is 0 Å². The van der Waals surface area contributed by atoms with Gasteiger partial charge >= 0.3 is 12.1 Å². The van der Waals surface area contributed by atoms with Crippen molar-refractivity contribution in [3.05, 3.63) is 133 Å². The van der Waals surface area contributed by atoms with Gasteiger partial charge in [0, 0.05) is 108 Å². The van der Waals surface area contributed by atoms with E-state index in [0.717, 1.165) is 49.4 Å². The SMILES string of the molecule is COC(=O)[C@H](Cc1c[nH]c2ccccc12)NC(=O)[C@H](Cc1c[nH]c2ccccc12)NC(=O)[C@@H]1C[C@@H](C(=O)[C@@H]2CCCN2C(=O)[C@@H](Cc2c[nH]c3ccccc23)NC(=O)OC(C)(C)C)CN1c1ccncc1. The first-order valence-corrected chi connectivity index (χ1v) is 24.1. The lowest BCUT2D eigenvalue weighted by Gasteiger charge is -2.30. The molecule has 0 unspecified atom stereocenters. The first-order valence-electron chi connectivity index (χ1n) is 24.1. The van der Waals surface area contributed by atoms with Crippen LogP contribution in [-0.2, 0) is 52.7 Å². The van der Waals surface area contributed by atoms with Crippen LogP contribution in [-0.4, -0.2) is 116 Å². The Kier molecular flexibility index (Phi) is 13.9. The van der Waals surface area contributed by atoms with Gasteiger partial charge in [0.05, 0.1) is 13.2 Å². The van der Waals surface area contributed by atoms with Crippen molar-refractivity contribution < 1.29 is 38.2 Å². The van der Waals surface area contributed by atoms with E-state index in [9.17, 15) is 28.8 Å². The van der Waals surface area contributed by atoms with E-state index in [0.29, 0.717) is 25.1 Å². The number of nitrogens with zero attached hydrogens (tertiary/aromatic N) is 3. The largest absolute Gasteiger partial charge is 0.467 e. The highest BCUT2D eigenvalue weighted by Gasteiger charge is 2.47. The van der Waals surface area contributed by atoms with Crippen molar-refractivity contribution in [3.8, 4) is 0 Å². The number of para-hydroxylation sites is 3. The van der Waals surface area contributed by atoms with E-state index in [4.69, 9.17) is 9.47 Å². The van der Waals surface area contributed by atoms with Gasteiger partial charge in [-0.25, -0.2) is 9.59 Å². The topological polar surface area (TPSA) is 224 Å². The Morgan fingerprint density at radius 3 is 1.77 bits per heavy atom. The summed E-state index contributed by atoms with van der Waals surface area (Å²) in [6.07, 6.45) is 9.31. The molecule has 2 fully saturated rings. The molecule has 2 aliphatic rings. The van der Waals surface area contributed by atoms with Crippen LogP contribution >= 0.6 is 0 Å². The number of ketones is 1. The number of Topliss-reactive ketones (excluding diaryl/α,β-unsaturated/α-hetero) is 1. The molecule has 71 heavy (non-hydrogen) atoms. The van der Waals surface area contributed by atoms with Gasteiger partial charge in [0.2, 0.25) is 17.7 Å². The molecule has 2 saturated heterocycles. The van der Waals surface area contributed by atoms with Crippen molar-refractivity contribution in [2.24, 2.45) is 5.92 Å². The molecule has 4 aromatic heterocycles. The molecule has 9 rings (SSSR count). The highest BCUT2D eigenvalue weighted by molar-refractivity contribution is 5.98. The number of carbonyl (C=O) groups is 6. The fourth-order valence-electron chi connectivity index (χ4n) is 10.2. The average Bonchev–Trinajstić information content (AvgIpc) is 4.23. The molecule has 6 atom stereocenters. The number of aromatic amines is 3. The van der Waals surface area contributed by atoms with E-state index >= 15 is 0 Å². The summed E-state index contributed by atoms with van der Waals surface area (Å²) in [5, 5.41) is 11.4. The maximum absolute atomic E-state index is 14.9. The van der Waals surface area contributed by atoms with Gasteiger partial charge in [-0.15, -0.1) is 0 Å². The third kappa shape index (κ3) is 10.6. The predicted octanol–water partition coefficient (Wildman–Crippen LogP) is 6.04. The molecule has 3 aromatic carbocycles. The number of ether oxygens (including phenoxy) is 2. The van der Waals surface area contributed by atoms with Gasteiger partial charge in [-0.3, -0.25) is 24.2 Å². The van der Waals surface area contributed by atoms with E-state index in [1.54, 1.807) is 62.6 Å². The Labute approximate surface area is 410 Å². The van der Waals surface area contributed by atoms with Crippen molar-refractivity contribution in [1.82, 2.24) is 40.8 Å². The number of likely N-dealkylation sites (tertiary alicyclic amines) is 1. The number of methoxy groups -OCH3 is 1. The summed E-state index contributed by atoms with van der Waals surface area (Å²) in [6, 6.07) is 21.5. The maximum atomic E-state index is 14.9. The lowest BCUT2D eigenvalue weighted by atomic mass is 9.93. The molecule has 0 aliphatic carbocycles. The quantitative estimate of drug-likeness (QED) is 0.0616. The van der Waals surface area contributed by atoms with Crippen LogP contribution in [0.1, 0.15) is 56.7 Å². The molecule has 0 saturated carbocycles. The zero-order chi connectivity index (χ0) is 49.8. The molecule has 368 valence electrons. The molecule has 17 nitrogen and oxygen atoms in total. The molecule has 4 amide bonds. The Hall–Kier alpha value is -7.95. The van der Waals surface area contributed by atoms with E-state index in [1.807, 2.05) is 83.9 Å². The van der Waals surface area contributed by atoms with Gasteiger partial charge in [-0.2, -0.15) is 0 Å². The second-order valence-corrected chi connectivity index (χ2v) is 19.4. The number of aromatic nitrogens is 4.